The van der Waals surface area contributed by atoms with Gasteiger partial charge in [0.05, 0.1) is 6.61 Å². The minimum atomic E-state index is -0.518. The molecule has 0 saturated heterocycles. The number of rotatable bonds is 14. The quantitative estimate of drug-likeness (QED) is 0.278. The second-order valence-corrected chi connectivity index (χ2v) is 5.95. The van der Waals surface area contributed by atoms with Crippen molar-refractivity contribution >= 4 is 11.9 Å². The fourth-order valence-corrected chi connectivity index (χ4v) is 1.97. The average Bonchev–Trinajstić information content (AvgIpc) is 2.51. The van der Waals surface area contributed by atoms with Gasteiger partial charge in [-0.1, -0.05) is 51.9 Å². The Kier molecular flexibility index (Phi) is 14.6. The molecule has 0 saturated carbocycles. The third-order valence-electron chi connectivity index (χ3n) is 3.38. The van der Waals surface area contributed by atoms with Crippen LogP contribution in [0.25, 0.3) is 0 Å². The van der Waals surface area contributed by atoms with Crippen molar-refractivity contribution in [2.24, 2.45) is 0 Å². The van der Waals surface area contributed by atoms with Crippen LogP contribution in [0.2, 0.25) is 0 Å². The molecule has 0 radical (unpaired) electrons. The SMILES string of the molecule is CCCCCCCCCCOC(=O)/C=C/C(=O)OCCN(C)C. The maximum atomic E-state index is 11.4. The number of hydrogen-bond donors (Lipinski definition) is 0. The van der Waals surface area contributed by atoms with Gasteiger partial charge in [-0.3, -0.25) is 0 Å². The molecule has 5 heteroatoms. The maximum absolute atomic E-state index is 11.4. The monoisotopic (exact) mass is 327 g/mol. The molecule has 0 aromatic carbocycles. The van der Waals surface area contributed by atoms with E-state index in [-0.39, 0.29) is 0 Å². The number of esters is 2. The summed E-state index contributed by atoms with van der Waals surface area (Å²) in [6.07, 6.45) is 11.9. The Morgan fingerprint density at radius 3 is 1.78 bits per heavy atom. The summed E-state index contributed by atoms with van der Waals surface area (Å²) in [7, 11) is 3.79. The van der Waals surface area contributed by atoms with Crippen LogP contribution >= 0.6 is 0 Å². The molecule has 23 heavy (non-hydrogen) atoms. The number of likely N-dealkylation sites (N-methyl/N-ethyl adjacent to an activating group) is 1. The largest absolute Gasteiger partial charge is 0.463 e. The molecular weight excluding hydrogens is 294 g/mol. The molecule has 0 aliphatic heterocycles. The van der Waals surface area contributed by atoms with Crippen LogP contribution in [-0.4, -0.2) is 50.7 Å². The number of ether oxygens (including phenoxy) is 2. The lowest BCUT2D eigenvalue weighted by atomic mass is 10.1. The van der Waals surface area contributed by atoms with Gasteiger partial charge < -0.3 is 14.4 Å². The first-order valence-corrected chi connectivity index (χ1v) is 8.72. The predicted octanol–water partition coefficient (Wildman–Crippen LogP) is 3.33. The van der Waals surface area contributed by atoms with Gasteiger partial charge in [-0.25, -0.2) is 9.59 Å². The van der Waals surface area contributed by atoms with Gasteiger partial charge in [0.1, 0.15) is 6.61 Å². The smallest absolute Gasteiger partial charge is 0.331 e. The first kappa shape index (κ1) is 21.6. The Labute approximate surface area is 141 Å². The van der Waals surface area contributed by atoms with Crippen molar-refractivity contribution in [3.63, 3.8) is 0 Å². The molecule has 0 aromatic rings. The number of nitrogens with zero attached hydrogens (tertiary/aromatic N) is 1. The Morgan fingerprint density at radius 2 is 1.26 bits per heavy atom. The topological polar surface area (TPSA) is 55.8 Å². The van der Waals surface area contributed by atoms with E-state index < -0.39 is 11.9 Å². The van der Waals surface area contributed by atoms with E-state index in [0.29, 0.717) is 19.8 Å². The lowest BCUT2D eigenvalue weighted by molar-refractivity contribution is -0.140. The van der Waals surface area contributed by atoms with E-state index in [2.05, 4.69) is 6.92 Å². The summed E-state index contributed by atoms with van der Waals surface area (Å²) < 4.78 is 9.96. The molecule has 5 nitrogen and oxygen atoms in total. The first-order valence-electron chi connectivity index (χ1n) is 8.72. The normalized spacial score (nSPS) is 11.1. The van der Waals surface area contributed by atoms with Crippen LogP contribution in [0.3, 0.4) is 0 Å². The van der Waals surface area contributed by atoms with Crippen LogP contribution in [0, 0.1) is 0 Å². The van der Waals surface area contributed by atoms with Crippen molar-refractivity contribution in [2.45, 2.75) is 58.3 Å². The van der Waals surface area contributed by atoms with Gasteiger partial charge >= 0.3 is 11.9 Å². The van der Waals surface area contributed by atoms with Gasteiger partial charge in [0, 0.05) is 18.7 Å². The van der Waals surface area contributed by atoms with E-state index in [4.69, 9.17) is 9.47 Å². The molecule has 0 atom stereocenters. The summed E-state index contributed by atoms with van der Waals surface area (Å²) >= 11 is 0. The zero-order chi connectivity index (χ0) is 17.3. The van der Waals surface area contributed by atoms with Gasteiger partial charge in [0.15, 0.2) is 0 Å². The van der Waals surface area contributed by atoms with E-state index in [0.717, 1.165) is 25.0 Å². The predicted molar refractivity (Wildman–Crippen MR) is 92.2 cm³/mol. The summed E-state index contributed by atoms with van der Waals surface area (Å²) in [6, 6.07) is 0. The number of carbonyl (C=O) groups excluding carboxylic acids is 2. The first-order chi connectivity index (χ1) is 11.1. The standard InChI is InChI=1S/C18H33NO4/c1-4-5-6-7-8-9-10-11-15-22-17(20)12-13-18(21)23-16-14-19(2)3/h12-13H,4-11,14-16H2,1-3H3/b13-12+. The second-order valence-electron chi connectivity index (χ2n) is 5.95. The fourth-order valence-electron chi connectivity index (χ4n) is 1.97. The van der Waals surface area contributed by atoms with Crippen molar-refractivity contribution < 1.29 is 19.1 Å². The second kappa shape index (κ2) is 15.5. The minimum Gasteiger partial charge on any atom is -0.463 e. The third-order valence-corrected chi connectivity index (χ3v) is 3.38. The Balaban J connectivity index is 3.48. The summed E-state index contributed by atoms with van der Waals surface area (Å²) in [5.74, 6) is -1.01. The summed E-state index contributed by atoms with van der Waals surface area (Å²) in [5.41, 5.74) is 0. The van der Waals surface area contributed by atoms with Gasteiger partial charge in [0.2, 0.25) is 0 Å². The summed E-state index contributed by atoms with van der Waals surface area (Å²) in [4.78, 5) is 24.6. The van der Waals surface area contributed by atoms with Crippen LogP contribution < -0.4 is 0 Å². The van der Waals surface area contributed by atoms with Gasteiger partial charge in [-0.05, 0) is 20.5 Å². The summed E-state index contributed by atoms with van der Waals surface area (Å²) in [6.45, 7) is 3.59. The van der Waals surface area contributed by atoms with Crippen LogP contribution in [0.1, 0.15) is 58.3 Å². The lowest BCUT2D eigenvalue weighted by Gasteiger charge is -2.08. The van der Waals surface area contributed by atoms with Crippen LogP contribution in [0.15, 0.2) is 12.2 Å². The van der Waals surface area contributed by atoms with Crippen LogP contribution in [0.5, 0.6) is 0 Å². The molecule has 0 amide bonds. The van der Waals surface area contributed by atoms with Crippen LogP contribution in [0.4, 0.5) is 0 Å². The highest BCUT2D eigenvalue weighted by molar-refractivity contribution is 5.91. The highest BCUT2D eigenvalue weighted by atomic mass is 16.5. The molecule has 0 spiro atoms. The van der Waals surface area contributed by atoms with Crippen molar-refractivity contribution in [3.05, 3.63) is 12.2 Å². The molecule has 134 valence electrons. The van der Waals surface area contributed by atoms with Crippen molar-refractivity contribution in [2.75, 3.05) is 33.9 Å². The summed E-state index contributed by atoms with van der Waals surface area (Å²) in [5, 5.41) is 0. The highest BCUT2D eigenvalue weighted by Crippen LogP contribution is 2.08. The van der Waals surface area contributed by atoms with Crippen molar-refractivity contribution in [1.29, 1.82) is 0 Å². The Morgan fingerprint density at radius 1 is 0.783 bits per heavy atom. The van der Waals surface area contributed by atoms with E-state index in [1.54, 1.807) is 0 Å². The van der Waals surface area contributed by atoms with Gasteiger partial charge in [-0.2, -0.15) is 0 Å². The molecule has 0 unspecified atom stereocenters. The average molecular weight is 327 g/mol. The minimum absolute atomic E-state index is 0.309. The number of hydrogen-bond acceptors (Lipinski definition) is 5. The Bertz CT molecular complexity index is 340. The molecule has 0 fully saturated rings. The molecule has 0 heterocycles. The maximum Gasteiger partial charge on any atom is 0.331 e. The number of carbonyl (C=O) groups is 2. The zero-order valence-electron chi connectivity index (χ0n) is 15.0. The molecule has 0 rings (SSSR count). The third kappa shape index (κ3) is 16.8. The van der Waals surface area contributed by atoms with Crippen molar-refractivity contribution in [3.8, 4) is 0 Å². The molecule has 0 aliphatic rings. The zero-order valence-corrected chi connectivity index (χ0v) is 15.0. The van der Waals surface area contributed by atoms with E-state index in [9.17, 15) is 9.59 Å². The van der Waals surface area contributed by atoms with E-state index in [1.165, 1.54) is 38.5 Å². The molecule has 0 bridgehead atoms. The number of unbranched alkanes of at least 4 members (excludes halogenated alkanes) is 7. The Hall–Kier alpha value is -1.36. The van der Waals surface area contributed by atoms with Crippen molar-refractivity contribution in [1.82, 2.24) is 4.90 Å². The molecular formula is C18H33NO4. The van der Waals surface area contributed by atoms with Crippen LogP contribution in [-0.2, 0) is 19.1 Å². The fraction of sp³-hybridized carbons (Fsp3) is 0.778. The van der Waals surface area contributed by atoms with Gasteiger partial charge in [0.25, 0.3) is 0 Å². The van der Waals surface area contributed by atoms with E-state index in [1.807, 2.05) is 19.0 Å². The molecule has 0 aromatic heterocycles. The molecule has 0 N–H and O–H groups in total. The van der Waals surface area contributed by atoms with E-state index >= 15 is 0 Å². The lowest BCUT2D eigenvalue weighted by Crippen LogP contribution is -2.19. The highest BCUT2D eigenvalue weighted by Gasteiger charge is 2.01. The molecule has 0 aliphatic carbocycles. The van der Waals surface area contributed by atoms with Gasteiger partial charge in [-0.15, -0.1) is 0 Å².